The molecule has 1 saturated carbocycles. The molecule has 0 heterocycles. The van der Waals surface area contributed by atoms with Crippen molar-refractivity contribution in [2.24, 2.45) is 5.92 Å². The molecule has 1 aromatic rings. The Morgan fingerprint density at radius 3 is 2.65 bits per heavy atom. The molecule has 1 fully saturated rings. The fourth-order valence-corrected chi connectivity index (χ4v) is 2.19. The van der Waals surface area contributed by atoms with Crippen molar-refractivity contribution in [3.05, 3.63) is 60.2 Å². The minimum absolute atomic E-state index is 0.295. The lowest BCUT2D eigenvalue weighted by atomic mass is 10.1. The van der Waals surface area contributed by atoms with E-state index in [0.29, 0.717) is 12.2 Å². The fraction of sp³-hybridized carbons (Fsp3) is 0.312. The number of hydrogen-bond donors (Lipinski definition) is 0. The lowest BCUT2D eigenvalue weighted by Crippen LogP contribution is -1.98. The standard InChI is InChI=1S/C16H16F2O2/c1-2-20-14(19)11-7-6-10-13-15(16(13,17)18)12-8-4-3-5-9-12/h3-11,13,15H,2H2,1H3/t13-,15-/m1/s1. The summed E-state index contributed by atoms with van der Waals surface area (Å²) in [5.74, 6) is -4.76. The lowest BCUT2D eigenvalue weighted by Gasteiger charge is -1.96. The second kappa shape index (κ2) is 5.99. The van der Waals surface area contributed by atoms with Crippen LogP contribution in [0.1, 0.15) is 18.4 Å². The Morgan fingerprint density at radius 2 is 2.00 bits per heavy atom. The van der Waals surface area contributed by atoms with Crippen LogP contribution in [0.15, 0.2) is 54.6 Å². The highest BCUT2D eigenvalue weighted by molar-refractivity contribution is 5.82. The van der Waals surface area contributed by atoms with Gasteiger partial charge in [-0.15, -0.1) is 0 Å². The van der Waals surface area contributed by atoms with Crippen molar-refractivity contribution < 1.29 is 18.3 Å². The first kappa shape index (κ1) is 14.4. The predicted octanol–water partition coefficient (Wildman–Crippen LogP) is 3.71. The monoisotopic (exact) mass is 278 g/mol. The summed E-state index contributed by atoms with van der Waals surface area (Å²) < 4.78 is 32.1. The molecule has 4 heteroatoms. The molecule has 1 aliphatic carbocycles. The van der Waals surface area contributed by atoms with Crippen molar-refractivity contribution in [1.29, 1.82) is 0 Å². The largest absolute Gasteiger partial charge is 0.463 e. The number of hydrogen-bond acceptors (Lipinski definition) is 2. The zero-order valence-corrected chi connectivity index (χ0v) is 11.1. The second-order valence-electron chi connectivity index (χ2n) is 4.58. The van der Waals surface area contributed by atoms with E-state index in [2.05, 4.69) is 4.74 Å². The van der Waals surface area contributed by atoms with Crippen LogP contribution in [0.2, 0.25) is 0 Å². The summed E-state index contributed by atoms with van der Waals surface area (Å²) in [5.41, 5.74) is 0.640. The van der Waals surface area contributed by atoms with Crippen LogP contribution in [-0.2, 0) is 9.53 Å². The Hall–Kier alpha value is -1.97. The van der Waals surface area contributed by atoms with Crippen LogP contribution in [0, 0.1) is 5.92 Å². The average molecular weight is 278 g/mol. The molecular formula is C16H16F2O2. The number of allylic oxidation sites excluding steroid dienone is 3. The molecule has 0 aromatic heterocycles. The minimum Gasteiger partial charge on any atom is -0.463 e. The van der Waals surface area contributed by atoms with Crippen LogP contribution >= 0.6 is 0 Å². The van der Waals surface area contributed by atoms with E-state index >= 15 is 0 Å². The van der Waals surface area contributed by atoms with Gasteiger partial charge in [-0.25, -0.2) is 13.6 Å². The number of ether oxygens (including phenoxy) is 1. The molecule has 20 heavy (non-hydrogen) atoms. The maximum atomic E-state index is 13.7. The van der Waals surface area contributed by atoms with Gasteiger partial charge in [0, 0.05) is 6.08 Å². The minimum atomic E-state index is -2.71. The third-order valence-corrected chi connectivity index (χ3v) is 3.22. The third-order valence-electron chi connectivity index (χ3n) is 3.22. The van der Waals surface area contributed by atoms with Gasteiger partial charge in [0.25, 0.3) is 5.92 Å². The number of halogens is 2. The summed E-state index contributed by atoms with van der Waals surface area (Å²) in [6.07, 6.45) is 5.55. The number of benzene rings is 1. The molecule has 1 aromatic carbocycles. The lowest BCUT2D eigenvalue weighted by molar-refractivity contribution is -0.137. The number of carbonyl (C=O) groups excluding carboxylic acids is 1. The van der Waals surface area contributed by atoms with E-state index in [0.717, 1.165) is 0 Å². The van der Waals surface area contributed by atoms with Crippen LogP contribution in [0.4, 0.5) is 8.78 Å². The Kier molecular flexibility index (Phi) is 4.32. The molecule has 0 spiro atoms. The summed E-state index contributed by atoms with van der Waals surface area (Å²) in [6, 6.07) is 8.73. The van der Waals surface area contributed by atoms with Gasteiger partial charge < -0.3 is 4.74 Å². The Bertz CT molecular complexity index is 521. The molecule has 0 bridgehead atoms. The molecule has 2 nitrogen and oxygen atoms in total. The molecule has 0 unspecified atom stereocenters. The van der Waals surface area contributed by atoms with Crippen molar-refractivity contribution in [2.45, 2.75) is 18.8 Å². The van der Waals surface area contributed by atoms with E-state index in [1.54, 1.807) is 37.3 Å². The molecular weight excluding hydrogens is 262 g/mol. The van der Waals surface area contributed by atoms with Crippen LogP contribution in [0.3, 0.4) is 0 Å². The van der Waals surface area contributed by atoms with Gasteiger partial charge in [0.05, 0.1) is 18.4 Å². The SMILES string of the molecule is CCOC(=O)C=CC=C[C@@H]1[C@@H](c2ccccc2)C1(F)F. The molecule has 0 radical (unpaired) electrons. The van der Waals surface area contributed by atoms with E-state index in [1.807, 2.05) is 0 Å². The quantitative estimate of drug-likeness (QED) is 0.466. The zero-order valence-electron chi connectivity index (χ0n) is 11.1. The highest BCUT2D eigenvalue weighted by Crippen LogP contribution is 2.62. The van der Waals surface area contributed by atoms with Crippen LogP contribution in [-0.4, -0.2) is 18.5 Å². The molecule has 0 aliphatic heterocycles. The van der Waals surface area contributed by atoms with E-state index in [-0.39, 0.29) is 0 Å². The van der Waals surface area contributed by atoms with Crippen LogP contribution < -0.4 is 0 Å². The zero-order chi connectivity index (χ0) is 14.6. The van der Waals surface area contributed by atoms with Gasteiger partial charge in [0.2, 0.25) is 0 Å². The Labute approximate surface area is 116 Å². The normalized spacial score (nSPS) is 24.1. The first-order valence-corrected chi connectivity index (χ1v) is 6.51. The summed E-state index contributed by atoms with van der Waals surface area (Å²) in [6.45, 7) is 2.00. The summed E-state index contributed by atoms with van der Waals surface area (Å²) >= 11 is 0. The number of alkyl halides is 2. The maximum absolute atomic E-state index is 13.7. The fourth-order valence-electron chi connectivity index (χ4n) is 2.19. The van der Waals surface area contributed by atoms with Gasteiger partial charge in [0.15, 0.2) is 0 Å². The first-order chi connectivity index (χ1) is 9.57. The molecule has 2 atom stereocenters. The van der Waals surface area contributed by atoms with Crippen LogP contribution in [0.25, 0.3) is 0 Å². The second-order valence-corrected chi connectivity index (χ2v) is 4.58. The highest BCUT2D eigenvalue weighted by Gasteiger charge is 2.67. The highest BCUT2D eigenvalue weighted by atomic mass is 19.3. The van der Waals surface area contributed by atoms with E-state index in [4.69, 9.17) is 0 Å². The predicted molar refractivity (Wildman–Crippen MR) is 72.5 cm³/mol. The Morgan fingerprint density at radius 1 is 1.30 bits per heavy atom. The van der Waals surface area contributed by atoms with Crippen molar-refractivity contribution >= 4 is 5.97 Å². The molecule has 0 amide bonds. The van der Waals surface area contributed by atoms with Crippen molar-refractivity contribution in [2.75, 3.05) is 6.61 Å². The van der Waals surface area contributed by atoms with E-state index in [1.165, 1.54) is 24.3 Å². The third kappa shape index (κ3) is 3.13. The van der Waals surface area contributed by atoms with Crippen LogP contribution in [0.5, 0.6) is 0 Å². The molecule has 0 saturated heterocycles. The summed E-state index contributed by atoms with van der Waals surface area (Å²) in [7, 11) is 0. The van der Waals surface area contributed by atoms with Gasteiger partial charge in [0.1, 0.15) is 0 Å². The molecule has 106 valence electrons. The number of esters is 1. The number of rotatable bonds is 5. The van der Waals surface area contributed by atoms with Gasteiger partial charge in [-0.05, 0) is 12.5 Å². The van der Waals surface area contributed by atoms with Gasteiger partial charge in [-0.3, -0.25) is 0 Å². The van der Waals surface area contributed by atoms with Crippen molar-refractivity contribution in [1.82, 2.24) is 0 Å². The smallest absolute Gasteiger partial charge is 0.330 e. The summed E-state index contributed by atoms with van der Waals surface area (Å²) in [5, 5.41) is 0. The molecule has 0 N–H and O–H groups in total. The molecule has 1 aliphatic rings. The number of carbonyl (C=O) groups is 1. The summed E-state index contributed by atoms with van der Waals surface area (Å²) in [4.78, 5) is 11.0. The first-order valence-electron chi connectivity index (χ1n) is 6.51. The van der Waals surface area contributed by atoms with Gasteiger partial charge >= 0.3 is 5.97 Å². The van der Waals surface area contributed by atoms with Gasteiger partial charge in [-0.2, -0.15) is 0 Å². The van der Waals surface area contributed by atoms with Crippen molar-refractivity contribution in [3.8, 4) is 0 Å². The van der Waals surface area contributed by atoms with E-state index in [9.17, 15) is 13.6 Å². The van der Waals surface area contributed by atoms with E-state index < -0.39 is 23.7 Å². The topological polar surface area (TPSA) is 26.3 Å². The molecule has 2 rings (SSSR count). The maximum Gasteiger partial charge on any atom is 0.330 e. The van der Waals surface area contributed by atoms with Gasteiger partial charge in [-0.1, -0.05) is 48.6 Å². The average Bonchev–Trinajstić information content (AvgIpc) is 2.97. The Balaban J connectivity index is 1.96. The van der Waals surface area contributed by atoms with Crippen molar-refractivity contribution in [3.63, 3.8) is 0 Å².